The van der Waals surface area contributed by atoms with E-state index in [0.717, 1.165) is 43.1 Å². The van der Waals surface area contributed by atoms with Gasteiger partial charge in [0.15, 0.2) is 5.78 Å². The summed E-state index contributed by atoms with van der Waals surface area (Å²) in [5.74, 6) is -0.468. The number of rotatable bonds is 5. The summed E-state index contributed by atoms with van der Waals surface area (Å²) in [6.45, 7) is 0.851. The maximum Gasteiger partial charge on any atom is 0.162 e. The molecule has 3 heterocycles. The van der Waals surface area contributed by atoms with Crippen molar-refractivity contribution in [1.82, 2.24) is 9.88 Å². The summed E-state index contributed by atoms with van der Waals surface area (Å²) in [4.78, 5) is 18.5. The number of piperidine rings is 1. The highest BCUT2D eigenvalue weighted by Gasteiger charge is 2.38. The molecule has 3 aromatic rings. The molecule has 0 amide bonds. The lowest BCUT2D eigenvalue weighted by Crippen LogP contribution is -2.47. The number of aromatic nitrogens is 1. The molecular formula is C24H24F2N2O. The number of halogens is 2. The molecule has 0 radical (unpaired) electrons. The summed E-state index contributed by atoms with van der Waals surface area (Å²) in [7, 11) is 0. The number of hydrogen-bond donors (Lipinski definition) is 1. The molecule has 2 aromatic carbocycles. The second kappa shape index (κ2) is 7.38. The fourth-order valence-corrected chi connectivity index (χ4v) is 5.22. The Bertz CT molecular complexity index is 1060. The van der Waals surface area contributed by atoms with E-state index in [1.165, 1.54) is 35.9 Å². The average molecular weight is 394 g/mol. The Labute approximate surface area is 168 Å². The van der Waals surface area contributed by atoms with Gasteiger partial charge in [-0.3, -0.25) is 9.69 Å². The van der Waals surface area contributed by atoms with E-state index in [1.807, 2.05) is 6.07 Å². The van der Waals surface area contributed by atoms with Crippen LogP contribution in [0.3, 0.4) is 0 Å². The summed E-state index contributed by atoms with van der Waals surface area (Å²) in [5.41, 5.74) is 4.08. The van der Waals surface area contributed by atoms with Crippen molar-refractivity contribution in [2.45, 2.75) is 50.6 Å². The van der Waals surface area contributed by atoms with Crippen molar-refractivity contribution in [2.24, 2.45) is 0 Å². The van der Waals surface area contributed by atoms with Crippen molar-refractivity contribution in [2.75, 3.05) is 6.54 Å². The molecule has 0 saturated carbocycles. The Balaban J connectivity index is 1.33. The summed E-state index contributed by atoms with van der Waals surface area (Å²) in [5, 5.41) is 0.998. The largest absolute Gasteiger partial charge is 0.358 e. The van der Waals surface area contributed by atoms with Gasteiger partial charge in [0.1, 0.15) is 11.6 Å². The molecule has 2 aliphatic heterocycles. The van der Waals surface area contributed by atoms with Crippen LogP contribution in [0.4, 0.5) is 8.78 Å². The van der Waals surface area contributed by atoms with Gasteiger partial charge in [0.25, 0.3) is 0 Å². The Morgan fingerprint density at radius 3 is 2.69 bits per heavy atom. The van der Waals surface area contributed by atoms with Gasteiger partial charge in [-0.15, -0.1) is 0 Å². The zero-order valence-electron chi connectivity index (χ0n) is 16.3. The summed E-state index contributed by atoms with van der Waals surface area (Å²) < 4.78 is 27.0. The molecular weight excluding hydrogens is 370 g/mol. The van der Waals surface area contributed by atoms with E-state index in [2.05, 4.69) is 9.88 Å². The predicted octanol–water partition coefficient (Wildman–Crippen LogP) is 5.56. The topological polar surface area (TPSA) is 36.1 Å². The van der Waals surface area contributed by atoms with Gasteiger partial charge in [0, 0.05) is 47.1 Å². The number of aromatic amines is 1. The molecule has 5 rings (SSSR count). The van der Waals surface area contributed by atoms with E-state index >= 15 is 0 Å². The Morgan fingerprint density at radius 2 is 1.86 bits per heavy atom. The van der Waals surface area contributed by atoms with Crippen LogP contribution in [-0.2, 0) is 6.42 Å². The van der Waals surface area contributed by atoms with Crippen LogP contribution in [0.1, 0.15) is 59.8 Å². The molecule has 0 spiro atoms. The first-order valence-corrected chi connectivity index (χ1v) is 10.4. The summed E-state index contributed by atoms with van der Waals surface area (Å²) >= 11 is 0. The molecule has 3 nitrogen and oxygen atoms in total. The number of carbonyl (C=O) groups is 1. The molecule has 2 bridgehead atoms. The average Bonchev–Trinajstić information content (AvgIpc) is 3.05. The van der Waals surface area contributed by atoms with Crippen molar-refractivity contribution in [1.29, 1.82) is 0 Å². The van der Waals surface area contributed by atoms with Gasteiger partial charge >= 0.3 is 0 Å². The molecule has 29 heavy (non-hydrogen) atoms. The molecule has 1 saturated heterocycles. The van der Waals surface area contributed by atoms with Crippen molar-refractivity contribution in [3.05, 3.63) is 70.9 Å². The second-order valence-electron chi connectivity index (χ2n) is 8.28. The lowest BCUT2D eigenvalue weighted by molar-refractivity contribution is 0.0660. The summed E-state index contributed by atoms with van der Waals surface area (Å²) in [6, 6.07) is 11.5. The van der Waals surface area contributed by atoms with Gasteiger partial charge < -0.3 is 4.98 Å². The number of benzene rings is 2. The second-order valence-corrected chi connectivity index (χ2v) is 8.28. The number of H-pyrrole nitrogens is 1. The maximum atomic E-state index is 13.9. The number of Topliss-reactive ketones (excluding diaryl/α,β-unsaturated/α-hetero) is 1. The van der Waals surface area contributed by atoms with Gasteiger partial charge in [-0.1, -0.05) is 0 Å². The van der Waals surface area contributed by atoms with E-state index < -0.39 is 0 Å². The Kier molecular flexibility index (Phi) is 4.70. The first kappa shape index (κ1) is 18.5. The fraction of sp³-hybridized carbons (Fsp3) is 0.375. The Hall–Kier alpha value is -2.53. The molecule has 0 unspecified atom stereocenters. The van der Waals surface area contributed by atoms with Gasteiger partial charge in [-0.25, -0.2) is 8.78 Å². The van der Waals surface area contributed by atoms with Crippen molar-refractivity contribution in [3.63, 3.8) is 0 Å². The number of nitrogens with one attached hydrogen (secondary N) is 1. The normalized spacial score (nSPS) is 21.3. The van der Waals surface area contributed by atoms with Crippen LogP contribution < -0.4 is 0 Å². The number of ketones is 1. The van der Waals surface area contributed by atoms with Crippen LogP contribution in [0.5, 0.6) is 0 Å². The third-order valence-electron chi connectivity index (χ3n) is 6.53. The third kappa shape index (κ3) is 3.38. The first-order chi connectivity index (χ1) is 14.1. The fourth-order valence-electron chi connectivity index (χ4n) is 5.22. The number of carbonyl (C=O) groups excluding carboxylic acids is 1. The van der Waals surface area contributed by atoms with Gasteiger partial charge in [0.05, 0.1) is 0 Å². The van der Waals surface area contributed by atoms with Gasteiger partial charge in [-0.2, -0.15) is 0 Å². The molecule has 2 atom stereocenters. The van der Waals surface area contributed by atoms with Crippen LogP contribution in [0.25, 0.3) is 10.9 Å². The first-order valence-electron chi connectivity index (χ1n) is 10.4. The minimum absolute atomic E-state index is 0.0574. The standard InChI is InChI=1S/C24H24F2N2O/c25-16-8-6-15(7-9-16)23(29)5-2-12-28-18-3-1-4-22(28)24-19-13-17(26)10-11-20(19)27-21(24)14-18/h6-11,13,18,22,27H,1-5,12,14H2/t18-,22+/m0/s1. The molecule has 5 heteroatoms. The van der Waals surface area contributed by atoms with Crippen LogP contribution in [0.2, 0.25) is 0 Å². The minimum Gasteiger partial charge on any atom is -0.358 e. The van der Waals surface area contributed by atoms with E-state index in [0.29, 0.717) is 18.0 Å². The SMILES string of the molecule is O=C(CCCN1[C@H]2CCC[C@@H]1c1c([nH]c3ccc(F)cc13)C2)c1ccc(F)cc1. The number of nitrogens with zero attached hydrogens (tertiary/aromatic N) is 1. The zero-order valence-corrected chi connectivity index (χ0v) is 16.3. The quantitative estimate of drug-likeness (QED) is 0.575. The van der Waals surface area contributed by atoms with E-state index in [9.17, 15) is 13.6 Å². The lowest BCUT2D eigenvalue weighted by Gasteiger charge is -2.46. The minimum atomic E-state index is -0.325. The van der Waals surface area contributed by atoms with Crippen molar-refractivity contribution < 1.29 is 13.6 Å². The van der Waals surface area contributed by atoms with Crippen molar-refractivity contribution >= 4 is 16.7 Å². The lowest BCUT2D eigenvalue weighted by atomic mass is 9.82. The van der Waals surface area contributed by atoms with Gasteiger partial charge in [-0.05, 0) is 80.3 Å². The molecule has 1 fully saturated rings. The zero-order chi connectivity index (χ0) is 20.0. The molecule has 2 aliphatic rings. The van der Waals surface area contributed by atoms with Crippen LogP contribution in [-0.4, -0.2) is 28.3 Å². The molecule has 0 aliphatic carbocycles. The molecule has 1 N–H and O–H groups in total. The van der Waals surface area contributed by atoms with Crippen molar-refractivity contribution in [3.8, 4) is 0 Å². The Morgan fingerprint density at radius 1 is 1.07 bits per heavy atom. The highest BCUT2D eigenvalue weighted by molar-refractivity contribution is 5.96. The third-order valence-corrected chi connectivity index (χ3v) is 6.53. The number of hydrogen-bond acceptors (Lipinski definition) is 2. The smallest absolute Gasteiger partial charge is 0.162 e. The van der Waals surface area contributed by atoms with E-state index in [4.69, 9.17) is 0 Å². The maximum absolute atomic E-state index is 13.9. The van der Waals surface area contributed by atoms with Crippen LogP contribution >= 0.6 is 0 Å². The van der Waals surface area contributed by atoms with E-state index in [-0.39, 0.29) is 23.5 Å². The monoisotopic (exact) mass is 394 g/mol. The molecule has 1 aromatic heterocycles. The van der Waals surface area contributed by atoms with Gasteiger partial charge in [0.2, 0.25) is 0 Å². The van der Waals surface area contributed by atoms with Crippen LogP contribution in [0, 0.1) is 11.6 Å². The highest BCUT2D eigenvalue weighted by Crippen LogP contribution is 2.45. The molecule has 150 valence electrons. The predicted molar refractivity (Wildman–Crippen MR) is 109 cm³/mol. The highest BCUT2D eigenvalue weighted by atomic mass is 19.1. The van der Waals surface area contributed by atoms with Crippen LogP contribution in [0.15, 0.2) is 42.5 Å². The number of fused-ring (bicyclic) bond motifs is 6. The van der Waals surface area contributed by atoms with E-state index in [1.54, 1.807) is 18.2 Å². The summed E-state index contributed by atoms with van der Waals surface area (Å²) in [6.07, 6.45) is 5.59.